The van der Waals surface area contributed by atoms with Crippen LogP contribution in [0.5, 0.6) is 0 Å². The largest absolute Gasteiger partial charge is 0.455 e. The first-order chi connectivity index (χ1) is 28.3. The van der Waals surface area contributed by atoms with Gasteiger partial charge in [-0.2, -0.15) is 0 Å². The molecule has 5 saturated carbocycles. The Hall–Kier alpha value is -1.54. The fraction of sp³-hybridized carbons (Fsp3) is 0.956. The van der Waals surface area contributed by atoms with Crippen LogP contribution in [0, 0.1) is 44.8 Å². The van der Waals surface area contributed by atoms with E-state index in [2.05, 4.69) is 34.6 Å². The Morgan fingerprint density at radius 1 is 0.754 bits per heavy atom. The molecule has 16 heteroatoms. The van der Waals surface area contributed by atoms with Crippen LogP contribution in [0.2, 0.25) is 0 Å². The van der Waals surface area contributed by atoms with Crippen molar-refractivity contribution in [3.8, 4) is 0 Å². The second-order valence-corrected chi connectivity index (χ2v) is 22.2. The summed E-state index contributed by atoms with van der Waals surface area (Å²) in [5, 5.41) is 77.1. The van der Waals surface area contributed by atoms with Crippen molar-refractivity contribution in [2.75, 3.05) is 13.2 Å². The average Bonchev–Trinajstić information content (AvgIpc) is 3.52. The van der Waals surface area contributed by atoms with E-state index >= 15 is 0 Å². The number of aliphatic hydroxyl groups is 7. The first-order valence-electron chi connectivity index (χ1n) is 22.6. The predicted octanol–water partition coefficient (Wildman–Crippen LogP) is 1.87. The van der Waals surface area contributed by atoms with Crippen molar-refractivity contribution in [2.45, 2.75) is 211 Å². The fourth-order valence-electron chi connectivity index (χ4n) is 15.5. The lowest BCUT2D eigenvalue weighted by Crippen LogP contribution is -2.65. The van der Waals surface area contributed by atoms with Gasteiger partial charge in [-0.05, 0) is 117 Å². The van der Waals surface area contributed by atoms with E-state index in [9.17, 15) is 45.3 Å². The molecule has 8 rings (SSSR count). The van der Waals surface area contributed by atoms with Crippen LogP contribution in [0.4, 0.5) is 0 Å². The summed E-state index contributed by atoms with van der Waals surface area (Å²) in [6.07, 6.45) is -7.80. The molecule has 0 radical (unpaired) electrons. The summed E-state index contributed by atoms with van der Waals surface area (Å²) < 4.78 is 43.6. The van der Waals surface area contributed by atoms with Gasteiger partial charge in [0.25, 0.3) is 0 Å². The topological polar surface area (TPSA) is 240 Å². The Morgan fingerprint density at radius 2 is 1.43 bits per heavy atom. The quantitative estimate of drug-likeness (QED) is 0.129. The van der Waals surface area contributed by atoms with Gasteiger partial charge in [-0.3, -0.25) is 9.59 Å². The highest BCUT2D eigenvalue weighted by Crippen LogP contribution is 2.89. The number of ether oxygens (including phenoxy) is 7. The molecule has 3 saturated heterocycles. The van der Waals surface area contributed by atoms with E-state index in [0.717, 1.165) is 32.1 Å². The number of rotatable bonds is 9. The second-order valence-electron chi connectivity index (χ2n) is 22.2. The molecule has 7 N–H and O–H groups in total. The van der Waals surface area contributed by atoms with Crippen LogP contribution in [-0.4, -0.2) is 152 Å². The van der Waals surface area contributed by atoms with Gasteiger partial charge in [0.1, 0.15) is 30.5 Å². The Bertz CT molecular complexity index is 1680. The van der Waals surface area contributed by atoms with Gasteiger partial charge in [-0.15, -0.1) is 0 Å². The van der Waals surface area contributed by atoms with E-state index in [-0.39, 0.29) is 52.1 Å². The Balaban J connectivity index is 1.15. The van der Waals surface area contributed by atoms with E-state index in [4.69, 9.17) is 33.2 Å². The summed E-state index contributed by atoms with van der Waals surface area (Å²) in [5.41, 5.74) is -3.46. The molecule has 2 spiro atoms. The Labute approximate surface area is 358 Å². The van der Waals surface area contributed by atoms with Gasteiger partial charge in [-0.25, -0.2) is 0 Å². The van der Waals surface area contributed by atoms with Crippen molar-refractivity contribution in [1.29, 1.82) is 0 Å². The molecule has 0 aromatic rings. The normalized spacial score (nSPS) is 53.8. The van der Waals surface area contributed by atoms with E-state index < -0.39 is 109 Å². The highest BCUT2D eigenvalue weighted by molar-refractivity contribution is 5.67. The minimum Gasteiger partial charge on any atom is -0.455 e. The van der Waals surface area contributed by atoms with Crippen molar-refractivity contribution in [2.24, 2.45) is 44.8 Å². The molecule has 0 bridgehead atoms. The first-order valence-corrected chi connectivity index (χ1v) is 22.6. The minimum absolute atomic E-state index is 0.0638. The second kappa shape index (κ2) is 15.3. The third-order valence-corrected chi connectivity index (χ3v) is 18.2. The molecule has 21 atom stereocenters. The fourth-order valence-corrected chi connectivity index (χ4v) is 15.5. The number of hydrogen-bond acceptors (Lipinski definition) is 16. The molecule has 0 aromatic carbocycles. The number of carbonyl (C=O) groups is 2. The van der Waals surface area contributed by atoms with Gasteiger partial charge in [-0.1, -0.05) is 27.7 Å². The average molecular weight is 869 g/mol. The maximum Gasteiger partial charge on any atom is 0.303 e. The van der Waals surface area contributed by atoms with Crippen LogP contribution in [0.25, 0.3) is 0 Å². The smallest absolute Gasteiger partial charge is 0.303 e. The summed E-state index contributed by atoms with van der Waals surface area (Å²) in [7, 11) is 0. The molecule has 61 heavy (non-hydrogen) atoms. The number of esters is 2. The third kappa shape index (κ3) is 6.89. The zero-order valence-corrected chi connectivity index (χ0v) is 37.3. The summed E-state index contributed by atoms with van der Waals surface area (Å²) in [6.45, 7) is 16.1. The minimum atomic E-state index is -1.63. The molecule has 5 aliphatic carbocycles. The van der Waals surface area contributed by atoms with Crippen LogP contribution in [0.1, 0.15) is 120 Å². The summed E-state index contributed by atoms with van der Waals surface area (Å²) in [6, 6.07) is 0. The van der Waals surface area contributed by atoms with Gasteiger partial charge in [0.15, 0.2) is 24.8 Å². The van der Waals surface area contributed by atoms with E-state index in [0.29, 0.717) is 25.7 Å². The SMILES string of the molecule is CC(=O)OC1C(OC(C)=O)[C@H](O)CO[C@H]1O[C@H]1CC[C@]23C[C@]24CC[C@]2(C)C([C@@]5(C)CC[C@@H](C(C)(C)O)O5)[C@H](O)C[C@@]2(C)C4C[C@H](O[C@@H]2OC(CO)[C@@H](O)C(O)C2O)C3C1(C)C. The lowest BCUT2D eigenvalue weighted by atomic mass is 9.41. The third-order valence-electron chi connectivity index (χ3n) is 18.2. The number of aliphatic hydroxyl groups excluding tert-OH is 6. The molecule has 0 amide bonds. The lowest BCUT2D eigenvalue weighted by molar-refractivity contribution is -0.339. The van der Waals surface area contributed by atoms with Gasteiger partial charge in [0.2, 0.25) is 0 Å². The molecule has 8 fully saturated rings. The molecule has 348 valence electrons. The van der Waals surface area contributed by atoms with Crippen molar-refractivity contribution >= 4 is 11.9 Å². The molecule has 8 unspecified atom stereocenters. The van der Waals surface area contributed by atoms with Gasteiger partial charge in [0, 0.05) is 19.8 Å². The van der Waals surface area contributed by atoms with Gasteiger partial charge >= 0.3 is 11.9 Å². The predicted molar refractivity (Wildman–Crippen MR) is 213 cm³/mol. The van der Waals surface area contributed by atoms with E-state index in [1.807, 2.05) is 0 Å². The summed E-state index contributed by atoms with van der Waals surface area (Å²) in [5.74, 6) is -1.67. The van der Waals surface area contributed by atoms with Gasteiger partial charge in [0.05, 0.1) is 48.8 Å². The van der Waals surface area contributed by atoms with Crippen LogP contribution < -0.4 is 0 Å². The Kier molecular flexibility index (Phi) is 11.5. The monoisotopic (exact) mass is 868 g/mol. The maximum absolute atomic E-state index is 12.4. The molecule has 3 heterocycles. The van der Waals surface area contributed by atoms with Crippen molar-refractivity contribution in [3.63, 3.8) is 0 Å². The standard InChI is InChI=1S/C45H72O16/c1-21(47)56-33-24(50)19-55-38(34(33)57-22(2)48)60-28-11-13-45-20-44(45)15-14-41(7)35(43(9)12-10-29(61-43)40(5,6)54)23(49)17-42(41,8)27(44)16-25(36(45)39(28,3)4)58-37-32(53)31(52)30(51)26(18-46)59-37/h23-38,46,49-54H,10-20H2,1-9H3/t23-,24-,25+,26?,27?,28+,29+,30-,31?,32?,33?,34?,35?,36?,37-,38+,41-,42+,43-,44+,45-/m1/s1. The molecular formula is C45H72O16. The molecule has 8 aliphatic rings. The first kappa shape index (κ1) is 46.0. The van der Waals surface area contributed by atoms with Crippen molar-refractivity contribution in [3.05, 3.63) is 0 Å². The van der Waals surface area contributed by atoms with Crippen LogP contribution in [0.3, 0.4) is 0 Å². The maximum atomic E-state index is 12.4. The highest BCUT2D eigenvalue weighted by Gasteiger charge is 2.85. The van der Waals surface area contributed by atoms with E-state index in [1.54, 1.807) is 13.8 Å². The lowest BCUT2D eigenvalue weighted by Gasteiger charge is -2.65. The zero-order valence-electron chi connectivity index (χ0n) is 37.3. The van der Waals surface area contributed by atoms with Crippen LogP contribution >= 0.6 is 0 Å². The van der Waals surface area contributed by atoms with Crippen LogP contribution in [0.15, 0.2) is 0 Å². The van der Waals surface area contributed by atoms with Crippen molar-refractivity contribution < 1.29 is 78.5 Å². The number of hydrogen-bond donors (Lipinski definition) is 7. The number of fused-ring (bicyclic) bond motifs is 2. The van der Waals surface area contributed by atoms with Gasteiger partial charge < -0.3 is 68.9 Å². The summed E-state index contributed by atoms with van der Waals surface area (Å²) in [4.78, 5) is 24.5. The Morgan fingerprint density at radius 3 is 2.05 bits per heavy atom. The molecule has 16 nitrogen and oxygen atoms in total. The zero-order chi connectivity index (χ0) is 44.6. The highest BCUT2D eigenvalue weighted by atomic mass is 16.7. The molecule has 3 aliphatic heterocycles. The molecular weight excluding hydrogens is 796 g/mol. The number of carbonyl (C=O) groups excluding carboxylic acids is 2. The summed E-state index contributed by atoms with van der Waals surface area (Å²) >= 11 is 0. The van der Waals surface area contributed by atoms with Crippen molar-refractivity contribution in [1.82, 2.24) is 0 Å². The van der Waals surface area contributed by atoms with Crippen LogP contribution in [-0.2, 0) is 42.7 Å². The molecule has 0 aromatic heterocycles. The van der Waals surface area contributed by atoms with E-state index in [1.165, 1.54) is 13.8 Å².